The lowest BCUT2D eigenvalue weighted by Crippen LogP contribution is -2.28. The van der Waals surface area contributed by atoms with Crippen molar-refractivity contribution in [1.29, 1.82) is 0 Å². The molecular weight excluding hydrogens is 510 g/mol. The summed E-state index contributed by atoms with van der Waals surface area (Å²) in [5.41, 5.74) is 7.59. The third-order valence-corrected chi connectivity index (χ3v) is 6.88. The summed E-state index contributed by atoms with van der Waals surface area (Å²) < 4.78 is 7.27. The molecule has 12 nitrogen and oxygen atoms in total. The van der Waals surface area contributed by atoms with Crippen LogP contribution in [0, 0.1) is 0 Å². The maximum Gasteiger partial charge on any atom is 0.302 e. The summed E-state index contributed by atoms with van der Waals surface area (Å²) in [4.78, 5) is 42.7. The van der Waals surface area contributed by atoms with Gasteiger partial charge in [0, 0.05) is 30.7 Å². The van der Waals surface area contributed by atoms with E-state index in [0.717, 1.165) is 19.6 Å². The molecule has 198 valence electrons. The lowest BCUT2D eigenvalue weighted by atomic mass is 10.2. The zero-order valence-electron chi connectivity index (χ0n) is 21.1. The molecule has 4 aromatic rings. The molecule has 1 fully saturated rings. The first kappa shape index (κ1) is 25.6. The minimum atomic E-state index is -0.571. The van der Waals surface area contributed by atoms with E-state index in [1.807, 2.05) is 6.08 Å². The molecule has 0 bridgehead atoms. The molecule has 1 unspecified atom stereocenters. The third kappa shape index (κ3) is 5.04. The van der Waals surface area contributed by atoms with Crippen LogP contribution in [0.25, 0.3) is 22.1 Å². The van der Waals surface area contributed by atoms with Gasteiger partial charge in [-0.3, -0.25) is 14.9 Å². The summed E-state index contributed by atoms with van der Waals surface area (Å²) in [5.74, 6) is -0.501. The molecule has 1 aliphatic rings. The average molecular weight is 538 g/mol. The molecule has 2 amide bonds. The van der Waals surface area contributed by atoms with Crippen LogP contribution in [0.15, 0.2) is 41.1 Å². The van der Waals surface area contributed by atoms with Gasteiger partial charge < -0.3 is 20.0 Å². The van der Waals surface area contributed by atoms with Crippen molar-refractivity contribution in [2.45, 2.75) is 26.3 Å². The van der Waals surface area contributed by atoms with Gasteiger partial charge >= 0.3 is 6.01 Å². The number of carbonyl (C=O) groups is 2. The second-order valence-electron chi connectivity index (χ2n) is 8.95. The van der Waals surface area contributed by atoms with E-state index in [2.05, 4.69) is 44.1 Å². The number of rotatable bonds is 8. The van der Waals surface area contributed by atoms with Gasteiger partial charge in [-0.25, -0.2) is 14.6 Å². The van der Waals surface area contributed by atoms with Gasteiger partial charge in [0.05, 0.1) is 11.4 Å². The van der Waals surface area contributed by atoms with Crippen molar-refractivity contribution < 1.29 is 14.0 Å². The summed E-state index contributed by atoms with van der Waals surface area (Å²) in [7, 11) is 0. The Morgan fingerprint density at radius 2 is 2.11 bits per heavy atom. The number of oxazole rings is 1. The van der Waals surface area contributed by atoms with Crippen molar-refractivity contribution >= 4 is 57.4 Å². The zero-order chi connectivity index (χ0) is 26.8. The second kappa shape index (κ2) is 10.8. The molecule has 3 N–H and O–H groups in total. The van der Waals surface area contributed by atoms with Crippen LogP contribution in [0.1, 0.15) is 36.8 Å². The first-order valence-electron chi connectivity index (χ1n) is 12.4. The Morgan fingerprint density at radius 1 is 1.29 bits per heavy atom. The molecule has 5 rings (SSSR count). The molecule has 1 atom stereocenters. The van der Waals surface area contributed by atoms with Crippen LogP contribution in [0.3, 0.4) is 0 Å². The molecule has 1 aromatic carbocycles. The van der Waals surface area contributed by atoms with E-state index < -0.39 is 5.91 Å². The van der Waals surface area contributed by atoms with Crippen molar-refractivity contribution in [3.8, 4) is 0 Å². The summed E-state index contributed by atoms with van der Waals surface area (Å²) >= 11 is 6.02. The number of anilines is 2. The summed E-state index contributed by atoms with van der Waals surface area (Å²) in [6.07, 6.45) is 5.50. The van der Waals surface area contributed by atoms with Crippen molar-refractivity contribution in [2.75, 3.05) is 43.8 Å². The number of likely N-dealkylation sites (N-methyl/N-ethyl adjacent to an activating group) is 1. The van der Waals surface area contributed by atoms with Crippen LogP contribution in [0.2, 0.25) is 5.02 Å². The number of halogens is 1. The van der Waals surface area contributed by atoms with Crippen LogP contribution in [-0.2, 0) is 4.79 Å². The maximum atomic E-state index is 13.2. The number of nitrogens with two attached hydrogens (primary N) is 1. The minimum absolute atomic E-state index is 0.000440. The Morgan fingerprint density at radius 3 is 2.89 bits per heavy atom. The average Bonchev–Trinajstić information content (AvgIpc) is 3.63. The van der Waals surface area contributed by atoms with Gasteiger partial charge in [0.25, 0.3) is 5.91 Å². The van der Waals surface area contributed by atoms with Crippen molar-refractivity contribution in [2.24, 2.45) is 0 Å². The highest BCUT2D eigenvalue weighted by atomic mass is 35.5. The molecular formula is C25H28ClN9O3. The van der Waals surface area contributed by atoms with E-state index in [1.165, 1.54) is 6.33 Å². The van der Waals surface area contributed by atoms with Gasteiger partial charge in [0.1, 0.15) is 17.7 Å². The number of aromatic nitrogens is 5. The molecule has 0 spiro atoms. The highest BCUT2D eigenvalue weighted by Crippen LogP contribution is 2.30. The number of nitrogen functional groups attached to an aromatic ring is 1. The zero-order valence-corrected chi connectivity index (χ0v) is 21.9. The fourth-order valence-corrected chi connectivity index (χ4v) is 4.72. The number of nitrogens with zero attached hydrogens (tertiary/aromatic N) is 7. The summed E-state index contributed by atoms with van der Waals surface area (Å²) in [5, 5.41) is 8.03. The fourth-order valence-electron chi connectivity index (χ4n) is 4.55. The number of hydrogen-bond donors (Lipinski definition) is 2. The number of fused-ring (bicyclic) bond motifs is 2. The molecule has 38 heavy (non-hydrogen) atoms. The first-order chi connectivity index (χ1) is 18.4. The molecule has 0 saturated carbocycles. The monoisotopic (exact) mass is 537 g/mol. The highest BCUT2D eigenvalue weighted by Gasteiger charge is 2.31. The van der Waals surface area contributed by atoms with Crippen molar-refractivity contribution in [1.82, 2.24) is 34.5 Å². The molecule has 13 heteroatoms. The lowest BCUT2D eigenvalue weighted by Gasteiger charge is -2.16. The Labute approximate surface area is 223 Å². The van der Waals surface area contributed by atoms with Gasteiger partial charge in [0.15, 0.2) is 16.9 Å². The molecule has 0 radical (unpaired) electrons. The second-order valence-corrected chi connectivity index (χ2v) is 9.39. The Kier molecular flexibility index (Phi) is 7.25. The van der Waals surface area contributed by atoms with Crippen LogP contribution >= 0.6 is 11.6 Å². The molecule has 1 saturated heterocycles. The predicted octanol–water partition coefficient (Wildman–Crippen LogP) is 3.13. The third-order valence-electron chi connectivity index (χ3n) is 6.64. The molecule has 1 aliphatic heterocycles. The van der Waals surface area contributed by atoms with E-state index >= 15 is 0 Å². The largest absolute Gasteiger partial charge is 0.423 e. The van der Waals surface area contributed by atoms with Gasteiger partial charge in [0.2, 0.25) is 5.91 Å². The fraction of sp³-hybridized carbons (Fsp3) is 0.360. The quantitative estimate of drug-likeness (QED) is 0.323. The van der Waals surface area contributed by atoms with Crippen LogP contribution < -0.4 is 11.1 Å². The Balaban J connectivity index is 1.36. The highest BCUT2D eigenvalue weighted by molar-refractivity contribution is 6.31. The maximum absolute atomic E-state index is 13.2. The number of hydrogen-bond acceptors (Lipinski definition) is 9. The van der Waals surface area contributed by atoms with Crippen LogP contribution in [-0.4, -0.2) is 79.1 Å². The number of amides is 2. The van der Waals surface area contributed by atoms with E-state index in [-0.39, 0.29) is 29.5 Å². The molecule has 0 aliphatic carbocycles. The van der Waals surface area contributed by atoms with Crippen molar-refractivity contribution in [3.63, 3.8) is 0 Å². The summed E-state index contributed by atoms with van der Waals surface area (Å²) in [6.45, 7) is 7.75. The van der Waals surface area contributed by atoms with Gasteiger partial charge in [-0.2, -0.15) is 10.1 Å². The number of nitrogens with one attached hydrogen (secondary N) is 1. The predicted molar refractivity (Wildman–Crippen MR) is 144 cm³/mol. The van der Waals surface area contributed by atoms with Crippen molar-refractivity contribution in [3.05, 3.63) is 47.4 Å². The van der Waals surface area contributed by atoms with E-state index in [9.17, 15) is 9.59 Å². The van der Waals surface area contributed by atoms with Crippen LogP contribution in [0.4, 0.5) is 11.8 Å². The number of carbonyl (C=O) groups excluding carboxylic acids is 2. The topological polar surface area (TPSA) is 148 Å². The van der Waals surface area contributed by atoms with Crippen LogP contribution in [0.5, 0.6) is 0 Å². The standard InChI is InChI=1S/C25H28ClN9O3/c1-3-33(4-2)10-5-6-19(36)34-11-9-16(13-34)35-23-20(22(27)28-14-29-23)21(32-35)24(37)31-25-30-17-12-15(26)7-8-18(17)38-25/h5-8,12,14,16H,3-4,9-11,13H2,1-2H3,(H2,27,28,29)(H,30,31,37). The lowest BCUT2D eigenvalue weighted by molar-refractivity contribution is -0.125. The normalized spacial score (nSPS) is 15.9. The summed E-state index contributed by atoms with van der Waals surface area (Å²) in [6, 6.07) is 4.80. The first-order valence-corrected chi connectivity index (χ1v) is 12.8. The number of benzene rings is 1. The van der Waals surface area contributed by atoms with Gasteiger partial charge in [-0.15, -0.1) is 0 Å². The Bertz CT molecular complexity index is 1530. The number of likely N-dealkylation sites (tertiary alicyclic amines) is 1. The SMILES string of the molecule is CCN(CC)CC=CC(=O)N1CCC(n2nc(C(=O)Nc3nc4cc(Cl)ccc4o3)c3c(N)ncnc32)C1. The Hall–Kier alpha value is -4.03. The van der Waals surface area contributed by atoms with E-state index in [0.29, 0.717) is 46.7 Å². The molecule has 3 aromatic heterocycles. The van der Waals surface area contributed by atoms with E-state index in [4.69, 9.17) is 21.8 Å². The van der Waals surface area contributed by atoms with Gasteiger partial charge in [-0.05, 0) is 37.7 Å². The van der Waals surface area contributed by atoms with E-state index in [1.54, 1.807) is 33.9 Å². The smallest absolute Gasteiger partial charge is 0.302 e. The molecule has 4 heterocycles. The van der Waals surface area contributed by atoms with Gasteiger partial charge in [-0.1, -0.05) is 31.5 Å². The minimum Gasteiger partial charge on any atom is -0.423 e.